The number of amides is 1. The van der Waals surface area contributed by atoms with E-state index in [1.165, 1.54) is 17.0 Å². The normalized spacial score (nSPS) is 10.2. The van der Waals surface area contributed by atoms with Crippen molar-refractivity contribution >= 4 is 28.9 Å². The van der Waals surface area contributed by atoms with E-state index in [1.54, 1.807) is 37.4 Å². The molecule has 0 aliphatic carbocycles. The molecule has 0 spiro atoms. The molecule has 98 valence electrons. The highest BCUT2D eigenvalue weighted by atomic mass is 35.5. The van der Waals surface area contributed by atoms with Crippen molar-refractivity contribution in [2.45, 2.75) is 0 Å². The fourth-order valence-corrected chi connectivity index (χ4v) is 1.99. The van der Waals surface area contributed by atoms with Crippen molar-refractivity contribution in [1.29, 1.82) is 0 Å². The molecule has 0 bridgehead atoms. The summed E-state index contributed by atoms with van der Waals surface area (Å²) < 4.78 is 0. The van der Waals surface area contributed by atoms with Crippen molar-refractivity contribution in [2.24, 2.45) is 0 Å². The molecule has 4 nitrogen and oxygen atoms in total. The fraction of sp³-hybridized carbons (Fsp3) is 0.0714. The van der Waals surface area contributed by atoms with E-state index in [1.807, 2.05) is 0 Å². The van der Waals surface area contributed by atoms with Gasteiger partial charge >= 0.3 is 0 Å². The third kappa shape index (κ3) is 2.63. The first kappa shape index (κ1) is 13.2. The highest BCUT2D eigenvalue weighted by Gasteiger charge is 2.19. The molecular formula is C14H13ClN2O2. The van der Waals surface area contributed by atoms with Crippen LogP contribution in [0.4, 0.5) is 11.4 Å². The molecule has 0 unspecified atom stereocenters. The molecule has 2 aromatic rings. The summed E-state index contributed by atoms with van der Waals surface area (Å²) >= 11 is 6.01. The lowest BCUT2D eigenvalue weighted by atomic mass is 10.1. The van der Waals surface area contributed by atoms with Crippen molar-refractivity contribution in [3.8, 4) is 5.75 Å². The van der Waals surface area contributed by atoms with Gasteiger partial charge in [0.05, 0.1) is 10.6 Å². The largest absolute Gasteiger partial charge is 0.508 e. The predicted octanol–water partition coefficient (Wildman–Crippen LogP) is 2.90. The van der Waals surface area contributed by atoms with Crippen LogP contribution in [0, 0.1) is 0 Å². The SMILES string of the molecule is CN(C(=O)c1c(N)cccc1Cl)c1ccc(O)cc1. The van der Waals surface area contributed by atoms with Gasteiger partial charge in [-0.3, -0.25) is 4.79 Å². The van der Waals surface area contributed by atoms with E-state index in [4.69, 9.17) is 17.3 Å². The maximum atomic E-state index is 12.4. The topological polar surface area (TPSA) is 66.6 Å². The molecule has 0 radical (unpaired) electrons. The number of phenols is 1. The Morgan fingerprint density at radius 2 is 1.84 bits per heavy atom. The van der Waals surface area contributed by atoms with Crippen LogP contribution in [0.1, 0.15) is 10.4 Å². The van der Waals surface area contributed by atoms with Crippen LogP contribution in [0.15, 0.2) is 42.5 Å². The lowest BCUT2D eigenvalue weighted by Gasteiger charge is -2.19. The van der Waals surface area contributed by atoms with Gasteiger partial charge < -0.3 is 15.7 Å². The standard InChI is InChI=1S/C14H13ClN2O2/c1-17(9-5-7-10(18)8-6-9)14(19)13-11(15)3-2-4-12(13)16/h2-8,18H,16H2,1H3. The second-order valence-corrected chi connectivity index (χ2v) is 4.49. The van der Waals surface area contributed by atoms with E-state index in [0.29, 0.717) is 16.4 Å². The van der Waals surface area contributed by atoms with Gasteiger partial charge in [0, 0.05) is 18.4 Å². The Hall–Kier alpha value is -2.20. The number of nitrogens with zero attached hydrogens (tertiary/aromatic N) is 1. The minimum Gasteiger partial charge on any atom is -0.508 e. The molecule has 0 saturated heterocycles. The van der Waals surface area contributed by atoms with Crippen molar-refractivity contribution < 1.29 is 9.90 Å². The molecule has 0 atom stereocenters. The zero-order valence-corrected chi connectivity index (χ0v) is 11.1. The maximum Gasteiger partial charge on any atom is 0.261 e. The number of carbonyl (C=O) groups excluding carboxylic acids is 1. The second-order valence-electron chi connectivity index (χ2n) is 4.08. The molecule has 0 fully saturated rings. The van der Waals surface area contributed by atoms with E-state index >= 15 is 0 Å². The fourth-order valence-electron chi connectivity index (χ4n) is 1.73. The van der Waals surface area contributed by atoms with Crippen LogP contribution in [-0.4, -0.2) is 18.1 Å². The zero-order valence-electron chi connectivity index (χ0n) is 10.3. The van der Waals surface area contributed by atoms with Gasteiger partial charge in [0.25, 0.3) is 5.91 Å². The Labute approximate surface area is 116 Å². The number of aromatic hydroxyl groups is 1. The van der Waals surface area contributed by atoms with Gasteiger partial charge in [-0.2, -0.15) is 0 Å². The van der Waals surface area contributed by atoms with Crippen molar-refractivity contribution in [2.75, 3.05) is 17.7 Å². The van der Waals surface area contributed by atoms with Crippen LogP contribution < -0.4 is 10.6 Å². The third-order valence-electron chi connectivity index (χ3n) is 2.80. The Kier molecular flexibility index (Phi) is 3.62. The zero-order chi connectivity index (χ0) is 14.0. The van der Waals surface area contributed by atoms with Crippen LogP contribution >= 0.6 is 11.6 Å². The van der Waals surface area contributed by atoms with E-state index in [0.717, 1.165) is 0 Å². The van der Waals surface area contributed by atoms with Crippen LogP contribution in [0.3, 0.4) is 0 Å². The maximum absolute atomic E-state index is 12.4. The average molecular weight is 277 g/mol. The summed E-state index contributed by atoms with van der Waals surface area (Å²) in [6.07, 6.45) is 0. The van der Waals surface area contributed by atoms with Crippen molar-refractivity contribution in [3.05, 3.63) is 53.1 Å². The van der Waals surface area contributed by atoms with Crippen LogP contribution in [0.25, 0.3) is 0 Å². The summed E-state index contributed by atoms with van der Waals surface area (Å²) in [5.41, 5.74) is 7.04. The molecule has 2 aromatic carbocycles. The summed E-state index contributed by atoms with van der Waals surface area (Å²) in [4.78, 5) is 13.8. The number of anilines is 2. The minimum absolute atomic E-state index is 0.141. The molecule has 2 rings (SSSR count). The lowest BCUT2D eigenvalue weighted by Crippen LogP contribution is -2.27. The van der Waals surface area contributed by atoms with E-state index < -0.39 is 0 Å². The lowest BCUT2D eigenvalue weighted by molar-refractivity contribution is 0.0994. The van der Waals surface area contributed by atoms with Gasteiger partial charge in [-0.05, 0) is 36.4 Å². The molecule has 0 aliphatic rings. The summed E-state index contributed by atoms with van der Waals surface area (Å²) in [6, 6.07) is 11.2. The monoisotopic (exact) mass is 276 g/mol. The first-order valence-electron chi connectivity index (χ1n) is 5.62. The minimum atomic E-state index is -0.297. The molecular weight excluding hydrogens is 264 g/mol. The molecule has 1 amide bonds. The Bertz CT molecular complexity index is 591. The summed E-state index contributed by atoms with van der Waals surface area (Å²) in [5, 5.41) is 9.55. The molecule has 0 heterocycles. The van der Waals surface area contributed by atoms with Crippen molar-refractivity contribution in [1.82, 2.24) is 0 Å². The van der Waals surface area contributed by atoms with Gasteiger partial charge in [0.2, 0.25) is 0 Å². The first-order chi connectivity index (χ1) is 9.00. The number of hydrogen-bond donors (Lipinski definition) is 2. The van der Waals surface area contributed by atoms with Gasteiger partial charge in [0.15, 0.2) is 0 Å². The number of halogens is 1. The van der Waals surface area contributed by atoms with E-state index in [-0.39, 0.29) is 17.2 Å². The molecule has 0 saturated carbocycles. The number of nitrogen functional groups attached to an aromatic ring is 1. The van der Waals surface area contributed by atoms with Crippen LogP contribution in [0.2, 0.25) is 5.02 Å². The molecule has 3 N–H and O–H groups in total. The Balaban J connectivity index is 2.36. The molecule has 5 heteroatoms. The Morgan fingerprint density at radius 3 is 2.42 bits per heavy atom. The number of rotatable bonds is 2. The van der Waals surface area contributed by atoms with Gasteiger partial charge in [-0.25, -0.2) is 0 Å². The third-order valence-corrected chi connectivity index (χ3v) is 3.12. The first-order valence-corrected chi connectivity index (χ1v) is 5.99. The molecule has 0 aliphatic heterocycles. The van der Waals surface area contributed by atoms with Crippen molar-refractivity contribution in [3.63, 3.8) is 0 Å². The molecule has 0 aromatic heterocycles. The average Bonchev–Trinajstić information content (AvgIpc) is 2.38. The molecule has 19 heavy (non-hydrogen) atoms. The number of nitrogens with two attached hydrogens (primary N) is 1. The smallest absolute Gasteiger partial charge is 0.261 e. The van der Waals surface area contributed by atoms with Gasteiger partial charge in [0.1, 0.15) is 5.75 Å². The number of benzene rings is 2. The number of hydrogen-bond acceptors (Lipinski definition) is 3. The highest BCUT2D eigenvalue weighted by Crippen LogP contribution is 2.26. The summed E-state index contributed by atoms with van der Waals surface area (Å²) in [5.74, 6) is -0.157. The Morgan fingerprint density at radius 1 is 1.21 bits per heavy atom. The van der Waals surface area contributed by atoms with E-state index in [9.17, 15) is 9.90 Å². The quantitative estimate of drug-likeness (QED) is 0.829. The summed E-state index contributed by atoms with van der Waals surface area (Å²) in [6.45, 7) is 0. The summed E-state index contributed by atoms with van der Waals surface area (Å²) in [7, 11) is 1.62. The number of carbonyl (C=O) groups is 1. The van der Waals surface area contributed by atoms with E-state index in [2.05, 4.69) is 0 Å². The van der Waals surface area contributed by atoms with Crippen LogP contribution in [0.5, 0.6) is 5.75 Å². The van der Waals surface area contributed by atoms with Gasteiger partial charge in [-0.15, -0.1) is 0 Å². The van der Waals surface area contributed by atoms with Gasteiger partial charge in [-0.1, -0.05) is 17.7 Å². The second kappa shape index (κ2) is 5.20. The highest BCUT2D eigenvalue weighted by molar-refractivity contribution is 6.35. The predicted molar refractivity (Wildman–Crippen MR) is 76.7 cm³/mol. The van der Waals surface area contributed by atoms with Crippen LogP contribution in [-0.2, 0) is 0 Å². The number of phenolic OH excluding ortho intramolecular Hbond substituents is 1.